The lowest BCUT2D eigenvalue weighted by atomic mass is 10.1. The van der Waals surface area contributed by atoms with Gasteiger partial charge in [0.05, 0.1) is 22.8 Å². The first-order valence-corrected chi connectivity index (χ1v) is 8.43. The molecule has 1 unspecified atom stereocenters. The minimum atomic E-state index is -0.638. The molecule has 4 nitrogen and oxygen atoms in total. The summed E-state index contributed by atoms with van der Waals surface area (Å²) in [5.74, 6) is -0.490. The summed E-state index contributed by atoms with van der Waals surface area (Å²) in [5.41, 5.74) is 2.20. The van der Waals surface area contributed by atoms with Crippen molar-refractivity contribution in [3.8, 4) is 0 Å². The number of aryl methyl sites for hydroxylation is 1. The van der Waals surface area contributed by atoms with Crippen LogP contribution in [0.1, 0.15) is 18.9 Å². The van der Waals surface area contributed by atoms with Crippen LogP contribution in [-0.4, -0.2) is 17.9 Å². The van der Waals surface area contributed by atoms with Gasteiger partial charge in [-0.15, -0.1) is 0 Å². The average molecular weight is 363 g/mol. The molecule has 0 spiro atoms. The van der Waals surface area contributed by atoms with Crippen LogP contribution >= 0.6 is 23.2 Å². The number of anilines is 2. The van der Waals surface area contributed by atoms with Gasteiger partial charge in [-0.05, 0) is 36.2 Å². The number of carbonyl (C=O) groups excluding carboxylic acids is 2. The topological polar surface area (TPSA) is 49.4 Å². The van der Waals surface area contributed by atoms with E-state index in [1.54, 1.807) is 24.3 Å². The first-order chi connectivity index (χ1) is 11.5. The first-order valence-electron chi connectivity index (χ1n) is 7.67. The molecule has 2 amide bonds. The number of hydrogen-bond donors (Lipinski definition) is 1. The molecule has 1 aliphatic heterocycles. The van der Waals surface area contributed by atoms with Crippen LogP contribution in [0.4, 0.5) is 11.4 Å². The highest BCUT2D eigenvalue weighted by Gasteiger charge is 2.40. The normalized spacial score (nSPS) is 17.5. The maximum atomic E-state index is 12.7. The van der Waals surface area contributed by atoms with E-state index < -0.39 is 6.04 Å². The summed E-state index contributed by atoms with van der Waals surface area (Å²) in [7, 11) is 0. The second-order valence-electron chi connectivity index (χ2n) is 5.57. The van der Waals surface area contributed by atoms with Crippen molar-refractivity contribution in [3.05, 3.63) is 58.1 Å². The highest BCUT2D eigenvalue weighted by molar-refractivity contribution is 6.36. The third kappa shape index (κ3) is 3.12. The minimum Gasteiger partial charge on any atom is -0.372 e. The van der Waals surface area contributed by atoms with E-state index in [2.05, 4.69) is 5.32 Å². The Hall–Kier alpha value is -2.04. The van der Waals surface area contributed by atoms with Gasteiger partial charge in [0.15, 0.2) is 0 Å². The van der Waals surface area contributed by atoms with Gasteiger partial charge < -0.3 is 5.32 Å². The highest BCUT2D eigenvalue weighted by Crippen LogP contribution is 2.31. The van der Waals surface area contributed by atoms with E-state index in [1.165, 1.54) is 4.90 Å². The number of imide groups is 1. The predicted octanol–water partition coefficient (Wildman–Crippen LogP) is 4.30. The van der Waals surface area contributed by atoms with Crippen LogP contribution in [0.3, 0.4) is 0 Å². The minimum absolute atomic E-state index is 0.0931. The number of nitrogens with one attached hydrogen (secondary N) is 1. The third-order valence-corrected chi connectivity index (χ3v) is 4.57. The Labute approximate surface area is 150 Å². The van der Waals surface area contributed by atoms with Crippen LogP contribution in [0.5, 0.6) is 0 Å². The Morgan fingerprint density at radius 3 is 2.62 bits per heavy atom. The Bertz CT molecular complexity index is 807. The molecule has 0 radical (unpaired) electrons. The molecule has 6 heteroatoms. The van der Waals surface area contributed by atoms with Crippen molar-refractivity contribution in [2.45, 2.75) is 25.8 Å². The number of amides is 2. The summed E-state index contributed by atoms with van der Waals surface area (Å²) in [5, 5.41) is 3.98. The van der Waals surface area contributed by atoms with Crippen LogP contribution in [0.15, 0.2) is 42.5 Å². The van der Waals surface area contributed by atoms with Gasteiger partial charge in [-0.1, -0.05) is 48.3 Å². The summed E-state index contributed by atoms with van der Waals surface area (Å²) in [6, 6.07) is 11.8. The number of halogens is 2. The molecule has 3 rings (SSSR count). The molecule has 0 bridgehead atoms. The van der Waals surface area contributed by atoms with Crippen LogP contribution in [-0.2, 0) is 16.0 Å². The molecule has 0 saturated carbocycles. The SMILES string of the molecule is CCc1ccccc1N1C(=O)CC(Nc2ccc(Cl)cc2Cl)C1=O. The van der Waals surface area contributed by atoms with Crippen molar-refractivity contribution in [1.29, 1.82) is 0 Å². The predicted molar refractivity (Wildman–Crippen MR) is 96.8 cm³/mol. The van der Waals surface area contributed by atoms with Crippen LogP contribution in [0, 0.1) is 0 Å². The zero-order chi connectivity index (χ0) is 17.3. The summed E-state index contributed by atoms with van der Waals surface area (Å²) in [4.78, 5) is 26.4. The molecule has 0 aromatic heterocycles. The van der Waals surface area contributed by atoms with E-state index in [9.17, 15) is 9.59 Å². The average Bonchev–Trinajstić information content (AvgIpc) is 2.84. The van der Waals surface area contributed by atoms with Crippen molar-refractivity contribution in [2.24, 2.45) is 0 Å². The summed E-state index contributed by atoms with van der Waals surface area (Å²) >= 11 is 12.0. The Kier molecular flexibility index (Phi) is 4.78. The number of benzene rings is 2. The molecule has 1 fully saturated rings. The molecule has 1 heterocycles. The van der Waals surface area contributed by atoms with Crippen molar-refractivity contribution in [3.63, 3.8) is 0 Å². The molecule has 1 saturated heterocycles. The molecule has 2 aromatic carbocycles. The van der Waals surface area contributed by atoms with Gasteiger partial charge in [0.2, 0.25) is 5.91 Å². The molecule has 1 N–H and O–H groups in total. The Balaban J connectivity index is 1.86. The summed E-state index contributed by atoms with van der Waals surface area (Å²) in [6.07, 6.45) is 0.837. The molecule has 124 valence electrons. The number of carbonyl (C=O) groups is 2. The molecule has 2 aromatic rings. The number of nitrogens with zero attached hydrogens (tertiary/aromatic N) is 1. The molecule has 24 heavy (non-hydrogen) atoms. The van der Waals surface area contributed by atoms with Crippen LogP contribution < -0.4 is 10.2 Å². The van der Waals surface area contributed by atoms with Gasteiger partial charge in [0, 0.05) is 5.02 Å². The monoisotopic (exact) mass is 362 g/mol. The quantitative estimate of drug-likeness (QED) is 0.824. The van der Waals surface area contributed by atoms with Gasteiger partial charge >= 0.3 is 0 Å². The van der Waals surface area contributed by atoms with Crippen molar-refractivity contribution in [1.82, 2.24) is 0 Å². The first kappa shape index (κ1) is 16.8. The fraction of sp³-hybridized carbons (Fsp3) is 0.222. The third-order valence-electron chi connectivity index (χ3n) is 4.02. The van der Waals surface area contributed by atoms with E-state index in [0.717, 1.165) is 12.0 Å². The lowest BCUT2D eigenvalue weighted by Crippen LogP contribution is -2.35. The van der Waals surface area contributed by atoms with E-state index >= 15 is 0 Å². The fourth-order valence-corrected chi connectivity index (χ4v) is 3.28. The Morgan fingerprint density at radius 1 is 1.17 bits per heavy atom. The largest absolute Gasteiger partial charge is 0.372 e. The van der Waals surface area contributed by atoms with E-state index in [4.69, 9.17) is 23.2 Å². The zero-order valence-corrected chi connectivity index (χ0v) is 14.6. The standard InChI is InChI=1S/C18H16Cl2N2O2/c1-2-11-5-3-4-6-16(11)22-17(23)10-15(18(22)24)21-14-8-7-12(19)9-13(14)20/h3-9,15,21H,2,10H2,1H3. The second-order valence-corrected chi connectivity index (χ2v) is 6.42. The van der Waals surface area contributed by atoms with Crippen LogP contribution in [0.2, 0.25) is 10.0 Å². The van der Waals surface area contributed by atoms with Crippen LogP contribution in [0.25, 0.3) is 0 Å². The second kappa shape index (κ2) is 6.83. The van der Waals surface area contributed by atoms with Crippen molar-refractivity contribution in [2.75, 3.05) is 10.2 Å². The number of rotatable bonds is 4. The molecular formula is C18H16Cl2N2O2. The molecule has 0 aliphatic carbocycles. The summed E-state index contributed by atoms with van der Waals surface area (Å²) in [6.45, 7) is 1.99. The fourth-order valence-electron chi connectivity index (χ4n) is 2.82. The highest BCUT2D eigenvalue weighted by atomic mass is 35.5. The van der Waals surface area contributed by atoms with Crippen molar-refractivity contribution < 1.29 is 9.59 Å². The molecular weight excluding hydrogens is 347 g/mol. The lowest BCUT2D eigenvalue weighted by Gasteiger charge is -2.19. The van der Waals surface area contributed by atoms with E-state index in [-0.39, 0.29) is 18.2 Å². The molecule has 1 atom stereocenters. The maximum absolute atomic E-state index is 12.7. The van der Waals surface area contributed by atoms with Gasteiger partial charge in [-0.2, -0.15) is 0 Å². The van der Waals surface area contributed by atoms with Crippen molar-refractivity contribution >= 4 is 46.4 Å². The maximum Gasteiger partial charge on any atom is 0.256 e. The lowest BCUT2D eigenvalue weighted by molar-refractivity contribution is -0.121. The summed E-state index contributed by atoms with van der Waals surface area (Å²) < 4.78 is 0. The number of hydrogen-bond acceptors (Lipinski definition) is 3. The smallest absolute Gasteiger partial charge is 0.256 e. The van der Waals surface area contributed by atoms with E-state index in [1.807, 2.05) is 25.1 Å². The van der Waals surface area contributed by atoms with Gasteiger partial charge in [-0.3, -0.25) is 9.59 Å². The van der Waals surface area contributed by atoms with Gasteiger partial charge in [-0.25, -0.2) is 4.90 Å². The zero-order valence-electron chi connectivity index (χ0n) is 13.1. The molecule has 1 aliphatic rings. The van der Waals surface area contributed by atoms with Gasteiger partial charge in [0.1, 0.15) is 6.04 Å². The van der Waals surface area contributed by atoms with Gasteiger partial charge in [0.25, 0.3) is 5.91 Å². The Morgan fingerprint density at radius 2 is 1.92 bits per heavy atom. The van der Waals surface area contributed by atoms with E-state index in [0.29, 0.717) is 21.4 Å². The number of para-hydroxylation sites is 1.